The predicted molar refractivity (Wildman–Crippen MR) is 146 cm³/mol. The summed E-state index contributed by atoms with van der Waals surface area (Å²) >= 11 is 4.52. The van der Waals surface area contributed by atoms with Crippen LogP contribution in [0.1, 0.15) is 17.5 Å². The fourth-order valence-corrected chi connectivity index (χ4v) is 4.46. The summed E-state index contributed by atoms with van der Waals surface area (Å²) in [4.78, 5) is 24.6. The highest BCUT2D eigenvalue weighted by Crippen LogP contribution is 2.28. The van der Waals surface area contributed by atoms with E-state index in [0.717, 1.165) is 15.6 Å². The average molecular weight is 567 g/mol. The molecule has 0 saturated carbocycles. The molecule has 0 spiro atoms. The van der Waals surface area contributed by atoms with Crippen molar-refractivity contribution in [1.82, 2.24) is 5.32 Å². The molecular formula is C26H23BrN4O4S. The van der Waals surface area contributed by atoms with Gasteiger partial charge in [0.15, 0.2) is 16.7 Å². The summed E-state index contributed by atoms with van der Waals surface area (Å²) in [6.45, 7) is 0.428. The van der Waals surface area contributed by atoms with E-state index in [-0.39, 0.29) is 18.2 Å². The lowest BCUT2D eigenvalue weighted by molar-refractivity contribution is -0.122. The lowest BCUT2D eigenvalue weighted by Gasteiger charge is -2.11. The van der Waals surface area contributed by atoms with Gasteiger partial charge in [-0.1, -0.05) is 58.0 Å². The van der Waals surface area contributed by atoms with E-state index in [1.165, 1.54) is 11.8 Å². The van der Waals surface area contributed by atoms with E-state index in [0.29, 0.717) is 29.0 Å². The second-order valence-electron chi connectivity index (χ2n) is 7.69. The van der Waals surface area contributed by atoms with Crippen LogP contribution in [-0.4, -0.2) is 35.6 Å². The van der Waals surface area contributed by atoms with Crippen molar-refractivity contribution in [1.29, 1.82) is 0 Å². The number of halogens is 1. The molecule has 1 heterocycles. The van der Waals surface area contributed by atoms with Crippen molar-refractivity contribution in [2.45, 2.75) is 18.3 Å². The third-order valence-corrected chi connectivity index (χ3v) is 6.66. The van der Waals surface area contributed by atoms with Crippen molar-refractivity contribution in [3.05, 3.63) is 88.4 Å². The second kappa shape index (κ2) is 12.4. The first-order chi connectivity index (χ1) is 17.5. The first kappa shape index (κ1) is 25.5. The van der Waals surface area contributed by atoms with Crippen molar-refractivity contribution in [3.8, 4) is 11.5 Å². The monoisotopic (exact) mass is 566 g/mol. The fourth-order valence-electron chi connectivity index (χ4n) is 3.27. The lowest BCUT2D eigenvalue weighted by atomic mass is 10.2. The molecule has 1 atom stereocenters. The van der Waals surface area contributed by atoms with Crippen LogP contribution >= 0.6 is 27.7 Å². The number of carbonyl (C=O) groups excluding carboxylic acids is 2. The number of amides is 2. The van der Waals surface area contributed by atoms with Gasteiger partial charge in [-0.2, -0.15) is 5.10 Å². The zero-order valence-electron chi connectivity index (χ0n) is 19.3. The van der Waals surface area contributed by atoms with Gasteiger partial charge in [0.05, 0.1) is 13.3 Å². The molecule has 1 fully saturated rings. The van der Waals surface area contributed by atoms with Crippen molar-refractivity contribution >= 4 is 56.6 Å². The summed E-state index contributed by atoms with van der Waals surface area (Å²) < 4.78 is 12.2. The molecule has 0 radical (unpaired) electrons. The van der Waals surface area contributed by atoms with Gasteiger partial charge in [-0.05, 0) is 53.6 Å². The number of hydrogen-bond donors (Lipinski definition) is 2. The first-order valence-electron chi connectivity index (χ1n) is 11.0. The number of methoxy groups -OCH3 is 1. The molecule has 2 N–H and O–H groups in total. The number of anilines is 1. The maximum absolute atomic E-state index is 12.3. The Balaban J connectivity index is 1.31. The minimum absolute atomic E-state index is 0.0247. The minimum Gasteiger partial charge on any atom is -0.493 e. The van der Waals surface area contributed by atoms with Crippen LogP contribution in [0.15, 0.2) is 87.5 Å². The summed E-state index contributed by atoms with van der Waals surface area (Å²) in [5, 5.41) is 13.4. The van der Waals surface area contributed by atoms with Gasteiger partial charge in [0, 0.05) is 16.6 Å². The zero-order valence-corrected chi connectivity index (χ0v) is 21.7. The van der Waals surface area contributed by atoms with Crippen LogP contribution in [-0.2, 0) is 16.2 Å². The van der Waals surface area contributed by atoms with Crippen molar-refractivity contribution < 1.29 is 19.1 Å². The van der Waals surface area contributed by atoms with Crippen LogP contribution in [0.3, 0.4) is 0 Å². The summed E-state index contributed by atoms with van der Waals surface area (Å²) in [5.41, 5.74) is 2.47. The average Bonchev–Trinajstić information content (AvgIpc) is 3.23. The molecule has 184 valence electrons. The van der Waals surface area contributed by atoms with Gasteiger partial charge in [0.1, 0.15) is 11.9 Å². The summed E-state index contributed by atoms with van der Waals surface area (Å²) in [6.07, 6.45) is 1.58. The van der Waals surface area contributed by atoms with Gasteiger partial charge >= 0.3 is 0 Å². The molecular weight excluding hydrogens is 544 g/mol. The number of nitrogens with zero attached hydrogens (tertiary/aromatic N) is 2. The fraction of sp³-hybridized carbons (Fsp3) is 0.154. The van der Waals surface area contributed by atoms with Crippen LogP contribution in [0.4, 0.5) is 5.69 Å². The molecule has 2 amide bonds. The molecule has 8 nitrogen and oxygen atoms in total. The second-order valence-corrected chi connectivity index (χ2v) is 9.80. The molecule has 10 heteroatoms. The Morgan fingerprint density at radius 2 is 1.89 bits per heavy atom. The molecule has 0 bridgehead atoms. The molecule has 1 unspecified atom stereocenters. The number of ether oxygens (including phenoxy) is 2. The molecule has 4 rings (SSSR count). The summed E-state index contributed by atoms with van der Waals surface area (Å²) in [6, 6.07) is 22.5. The van der Waals surface area contributed by atoms with E-state index < -0.39 is 5.25 Å². The van der Waals surface area contributed by atoms with Gasteiger partial charge < -0.3 is 20.1 Å². The van der Waals surface area contributed by atoms with Gasteiger partial charge in [0.25, 0.3) is 0 Å². The Morgan fingerprint density at radius 3 is 2.64 bits per heavy atom. The van der Waals surface area contributed by atoms with Gasteiger partial charge in [-0.15, -0.1) is 5.10 Å². The lowest BCUT2D eigenvalue weighted by Crippen LogP contribution is -2.28. The number of nitrogens with one attached hydrogen (secondary N) is 2. The van der Waals surface area contributed by atoms with Gasteiger partial charge in [0.2, 0.25) is 11.8 Å². The molecule has 36 heavy (non-hydrogen) atoms. The highest BCUT2D eigenvalue weighted by molar-refractivity contribution is 9.10. The van der Waals surface area contributed by atoms with E-state index >= 15 is 0 Å². The highest BCUT2D eigenvalue weighted by Gasteiger charge is 2.32. The van der Waals surface area contributed by atoms with Gasteiger partial charge in [-0.3, -0.25) is 9.59 Å². The van der Waals surface area contributed by atoms with Crippen molar-refractivity contribution in [2.75, 3.05) is 12.4 Å². The topological polar surface area (TPSA) is 101 Å². The Kier molecular flexibility index (Phi) is 8.75. The van der Waals surface area contributed by atoms with Crippen LogP contribution in [0.25, 0.3) is 0 Å². The van der Waals surface area contributed by atoms with E-state index in [2.05, 4.69) is 36.8 Å². The predicted octanol–water partition coefficient (Wildman–Crippen LogP) is 4.99. The normalized spacial score (nSPS) is 16.2. The van der Waals surface area contributed by atoms with E-state index in [1.54, 1.807) is 31.5 Å². The van der Waals surface area contributed by atoms with Crippen molar-refractivity contribution in [3.63, 3.8) is 0 Å². The quantitative estimate of drug-likeness (QED) is 0.281. The zero-order chi connectivity index (χ0) is 25.3. The van der Waals surface area contributed by atoms with E-state index in [1.807, 2.05) is 54.6 Å². The number of benzene rings is 3. The molecule has 1 aliphatic heterocycles. The standard InChI is InChI=1S/C26H23BrN4O4S/c1-34-22-13-18(7-12-21(22)35-16-17-5-3-2-4-6-17)15-28-31-26-30-25(33)23(36-26)14-24(32)29-20-10-8-19(27)9-11-20/h2-13,15,23H,14,16H2,1H3,(H,29,32)(H,30,31,33)/b28-15-. The number of carbonyl (C=O) groups is 2. The first-order valence-corrected chi connectivity index (χ1v) is 12.7. The molecule has 3 aromatic rings. The molecule has 3 aromatic carbocycles. The Morgan fingerprint density at radius 1 is 1.11 bits per heavy atom. The SMILES string of the molecule is COc1cc(/C=N\N=C2\NC(=O)C(CC(=O)Nc3ccc(Br)cc3)S2)ccc1OCc1ccccc1. The Hall–Kier alpha value is -3.63. The van der Waals surface area contributed by atoms with Crippen LogP contribution < -0.4 is 20.1 Å². The maximum Gasteiger partial charge on any atom is 0.240 e. The summed E-state index contributed by atoms with van der Waals surface area (Å²) in [7, 11) is 1.57. The number of hydrogen-bond acceptors (Lipinski definition) is 7. The smallest absolute Gasteiger partial charge is 0.240 e. The molecule has 1 saturated heterocycles. The molecule has 0 aliphatic carbocycles. The van der Waals surface area contributed by atoms with Crippen LogP contribution in [0.5, 0.6) is 11.5 Å². The summed E-state index contributed by atoms with van der Waals surface area (Å²) in [5.74, 6) is 0.661. The Labute approximate surface area is 221 Å². The molecule has 1 aliphatic rings. The number of rotatable bonds is 9. The van der Waals surface area contributed by atoms with Crippen molar-refractivity contribution in [2.24, 2.45) is 10.2 Å². The van der Waals surface area contributed by atoms with Crippen LogP contribution in [0, 0.1) is 0 Å². The third kappa shape index (κ3) is 7.19. The largest absolute Gasteiger partial charge is 0.493 e. The maximum atomic E-state index is 12.3. The highest BCUT2D eigenvalue weighted by atomic mass is 79.9. The molecule has 0 aromatic heterocycles. The van der Waals surface area contributed by atoms with Gasteiger partial charge in [-0.25, -0.2) is 0 Å². The minimum atomic E-state index is -0.574. The Bertz CT molecular complexity index is 1280. The van der Waals surface area contributed by atoms with Crippen LogP contribution in [0.2, 0.25) is 0 Å². The number of amidine groups is 1. The van der Waals surface area contributed by atoms with E-state index in [9.17, 15) is 9.59 Å². The number of thioether (sulfide) groups is 1. The van der Waals surface area contributed by atoms with E-state index in [4.69, 9.17) is 9.47 Å². The third-order valence-electron chi connectivity index (χ3n) is 5.06.